The molecular weight excluding hydrogens is 95.1 g/mol. The lowest BCUT2D eigenvalue weighted by molar-refractivity contribution is -0.133. The van der Waals surface area contributed by atoms with Crippen LogP contribution in [0.1, 0.15) is 20.3 Å². The summed E-state index contributed by atoms with van der Waals surface area (Å²) in [6.07, 6.45) is 0.593. The van der Waals surface area contributed by atoms with Crippen LogP contribution < -0.4 is 0 Å². The molecule has 0 aromatic heterocycles. The van der Waals surface area contributed by atoms with Crippen LogP contribution in [0.15, 0.2) is 0 Å². The van der Waals surface area contributed by atoms with E-state index in [0.29, 0.717) is 6.42 Å². The van der Waals surface area contributed by atoms with Crippen molar-refractivity contribution < 1.29 is 9.18 Å². The maximum Gasteiger partial charge on any atom is 0.304 e. The van der Waals surface area contributed by atoms with Crippen molar-refractivity contribution in [2.24, 2.45) is 5.92 Å². The van der Waals surface area contributed by atoms with Gasteiger partial charge in [0.25, 0.3) is 0 Å². The van der Waals surface area contributed by atoms with Gasteiger partial charge in [0.15, 0.2) is 0 Å². The molecule has 1 atom stereocenters. The molecule has 0 spiro atoms. The molecule has 0 aliphatic carbocycles. The van der Waals surface area contributed by atoms with Gasteiger partial charge in [0, 0.05) is 5.92 Å². The molecule has 0 N–H and O–H groups in total. The Bertz CT molecular complexity index is 70.5. The Hall–Kier alpha value is -0.400. The van der Waals surface area contributed by atoms with Gasteiger partial charge >= 0.3 is 6.04 Å². The van der Waals surface area contributed by atoms with Crippen LogP contribution in [0.5, 0.6) is 0 Å². The molecule has 1 nitrogen and oxygen atoms in total. The van der Waals surface area contributed by atoms with Gasteiger partial charge in [-0.1, -0.05) is 13.8 Å². The summed E-state index contributed by atoms with van der Waals surface area (Å²) in [6.45, 7) is 3.35. The van der Waals surface area contributed by atoms with Crippen LogP contribution in [0.4, 0.5) is 4.39 Å². The van der Waals surface area contributed by atoms with E-state index in [9.17, 15) is 9.18 Å². The minimum absolute atomic E-state index is 0.403. The molecule has 0 aromatic rings. The highest BCUT2D eigenvalue weighted by atomic mass is 19.1. The lowest BCUT2D eigenvalue weighted by Gasteiger charge is -1.94. The Morgan fingerprint density at radius 3 is 2.29 bits per heavy atom. The van der Waals surface area contributed by atoms with Crippen molar-refractivity contribution >= 4 is 6.04 Å². The quantitative estimate of drug-likeness (QED) is 0.485. The summed E-state index contributed by atoms with van der Waals surface area (Å²) in [5.41, 5.74) is 0. The molecule has 0 radical (unpaired) electrons. The highest BCUT2D eigenvalue weighted by Gasteiger charge is 2.06. The number of rotatable bonds is 2. The van der Waals surface area contributed by atoms with E-state index in [2.05, 4.69) is 0 Å². The van der Waals surface area contributed by atoms with E-state index >= 15 is 0 Å². The summed E-state index contributed by atoms with van der Waals surface area (Å²) in [4.78, 5) is 9.71. The summed E-state index contributed by atoms with van der Waals surface area (Å²) < 4.78 is 11.5. The van der Waals surface area contributed by atoms with Crippen molar-refractivity contribution in [2.45, 2.75) is 20.3 Å². The van der Waals surface area contributed by atoms with Gasteiger partial charge in [-0.3, -0.25) is 4.79 Å². The topological polar surface area (TPSA) is 17.1 Å². The molecule has 7 heavy (non-hydrogen) atoms. The predicted molar refractivity (Wildman–Crippen MR) is 25.6 cm³/mol. The maximum absolute atomic E-state index is 11.5. The largest absolute Gasteiger partial charge is 0.304 e. The second-order valence-electron chi connectivity index (χ2n) is 1.61. The summed E-state index contributed by atoms with van der Waals surface area (Å²) in [6, 6.07) is -1.21. The normalized spacial score (nSPS) is 13.6. The summed E-state index contributed by atoms with van der Waals surface area (Å²) >= 11 is 0. The first kappa shape index (κ1) is 6.60. The Morgan fingerprint density at radius 2 is 2.29 bits per heavy atom. The van der Waals surface area contributed by atoms with Crippen LogP contribution in [-0.4, -0.2) is 6.04 Å². The van der Waals surface area contributed by atoms with Gasteiger partial charge in [-0.05, 0) is 6.42 Å². The van der Waals surface area contributed by atoms with Gasteiger partial charge in [0.2, 0.25) is 0 Å². The average Bonchev–Trinajstić information content (AvgIpc) is 1.65. The molecular formula is C5H9FO. The third-order valence-electron chi connectivity index (χ3n) is 1.000. The number of hydrogen-bond acceptors (Lipinski definition) is 1. The molecule has 0 bridgehead atoms. The molecule has 0 saturated heterocycles. The van der Waals surface area contributed by atoms with Gasteiger partial charge in [0.1, 0.15) is 0 Å². The van der Waals surface area contributed by atoms with E-state index in [1.807, 2.05) is 0 Å². The summed E-state index contributed by atoms with van der Waals surface area (Å²) in [7, 11) is 0. The van der Waals surface area contributed by atoms with Gasteiger partial charge in [-0.2, -0.15) is 4.39 Å². The maximum atomic E-state index is 11.5. The van der Waals surface area contributed by atoms with Crippen molar-refractivity contribution in [3.63, 3.8) is 0 Å². The van der Waals surface area contributed by atoms with Crippen LogP contribution in [0.25, 0.3) is 0 Å². The molecule has 0 aromatic carbocycles. The lowest BCUT2D eigenvalue weighted by atomic mass is 10.1. The zero-order valence-corrected chi connectivity index (χ0v) is 4.57. The second kappa shape index (κ2) is 2.72. The summed E-state index contributed by atoms with van der Waals surface area (Å²) in [5.74, 6) is -0.403. The molecule has 0 amide bonds. The van der Waals surface area contributed by atoms with Crippen molar-refractivity contribution in [1.82, 2.24) is 0 Å². The van der Waals surface area contributed by atoms with Gasteiger partial charge in [-0.25, -0.2) is 0 Å². The molecule has 0 unspecified atom stereocenters. The molecule has 0 aliphatic rings. The molecule has 0 fully saturated rings. The van der Waals surface area contributed by atoms with Crippen LogP contribution >= 0.6 is 0 Å². The fourth-order valence-electron chi connectivity index (χ4n) is 0.160. The van der Waals surface area contributed by atoms with Crippen molar-refractivity contribution in [3.05, 3.63) is 0 Å². The second-order valence-corrected chi connectivity index (χ2v) is 1.61. The molecule has 0 heterocycles. The molecule has 0 aliphatic heterocycles. The number of hydrogen-bond donors (Lipinski definition) is 0. The molecule has 0 rings (SSSR count). The minimum Gasteiger partial charge on any atom is -0.261 e. The Morgan fingerprint density at radius 1 is 1.86 bits per heavy atom. The first-order valence-corrected chi connectivity index (χ1v) is 2.37. The van der Waals surface area contributed by atoms with Gasteiger partial charge in [-0.15, -0.1) is 0 Å². The number of carbonyl (C=O) groups is 1. The molecule has 42 valence electrons. The summed E-state index contributed by atoms with van der Waals surface area (Å²) in [5, 5.41) is 0. The highest BCUT2D eigenvalue weighted by Crippen LogP contribution is 2.01. The molecule has 2 heteroatoms. The zero-order valence-electron chi connectivity index (χ0n) is 4.57. The fraction of sp³-hybridized carbons (Fsp3) is 0.800. The SMILES string of the molecule is CC[C@H](C)C(=O)F. The average molecular weight is 104 g/mol. The van der Waals surface area contributed by atoms with Crippen LogP contribution in [0.2, 0.25) is 0 Å². The first-order valence-electron chi connectivity index (χ1n) is 2.37. The third kappa shape index (κ3) is 2.31. The molecule has 0 saturated carbocycles. The Labute approximate surface area is 42.5 Å². The minimum atomic E-state index is -1.21. The van der Waals surface area contributed by atoms with E-state index in [1.165, 1.54) is 0 Å². The van der Waals surface area contributed by atoms with Crippen LogP contribution in [-0.2, 0) is 4.79 Å². The van der Waals surface area contributed by atoms with Crippen molar-refractivity contribution in [2.75, 3.05) is 0 Å². The number of halogens is 1. The highest BCUT2D eigenvalue weighted by molar-refractivity contribution is 5.70. The van der Waals surface area contributed by atoms with Gasteiger partial charge < -0.3 is 0 Å². The smallest absolute Gasteiger partial charge is 0.261 e. The first-order chi connectivity index (χ1) is 3.18. The zero-order chi connectivity index (χ0) is 5.86. The van der Waals surface area contributed by atoms with Crippen LogP contribution in [0.3, 0.4) is 0 Å². The van der Waals surface area contributed by atoms with E-state index < -0.39 is 12.0 Å². The predicted octanol–water partition coefficient (Wildman–Crippen LogP) is 1.53. The fourth-order valence-corrected chi connectivity index (χ4v) is 0.160. The lowest BCUT2D eigenvalue weighted by Crippen LogP contribution is -2.01. The Kier molecular flexibility index (Phi) is 2.56. The van der Waals surface area contributed by atoms with Crippen molar-refractivity contribution in [3.8, 4) is 0 Å². The number of carbonyl (C=O) groups excluding carboxylic acids is 1. The standard InChI is InChI=1S/C5H9FO/c1-3-4(2)5(6)7/h4H,3H2,1-2H3/t4-/m0/s1. The van der Waals surface area contributed by atoms with E-state index in [0.717, 1.165) is 0 Å². The van der Waals surface area contributed by atoms with E-state index in [4.69, 9.17) is 0 Å². The van der Waals surface area contributed by atoms with E-state index in [-0.39, 0.29) is 0 Å². The monoisotopic (exact) mass is 104 g/mol. The van der Waals surface area contributed by atoms with Crippen LogP contribution in [0, 0.1) is 5.92 Å². The Balaban J connectivity index is 3.34. The van der Waals surface area contributed by atoms with E-state index in [1.54, 1.807) is 13.8 Å². The van der Waals surface area contributed by atoms with Gasteiger partial charge in [0.05, 0.1) is 0 Å². The van der Waals surface area contributed by atoms with Crippen molar-refractivity contribution in [1.29, 1.82) is 0 Å². The third-order valence-corrected chi connectivity index (χ3v) is 1.000.